The normalized spacial score (nSPS) is 15.5. The summed E-state index contributed by atoms with van der Waals surface area (Å²) in [6.07, 6.45) is 0.513. The van der Waals surface area contributed by atoms with Crippen molar-refractivity contribution in [2.24, 2.45) is 10.9 Å². The number of rotatable bonds is 4. The lowest BCUT2D eigenvalue weighted by Crippen LogP contribution is -2.55. The molecule has 1 unspecified atom stereocenters. The SMILES string of the molecule is CCC(C)(NC(=O)c1cscn1)C(N)=NO. The van der Waals surface area contributed by atoms with E-state index in [1.54, 1.807) is 17.8 Å². The van der Waals surface area contributed by atoms with Crippen molar-refractivity contribution in [1.82, 2.24) is 10.3 Å². The zero-order valence-electron chi connectivity index (χ0n) is 9.10. The van der Waals surface area contributed by atoms with Crippen LogP contribution in [-0.4, -0.2) is 27.5 Å². The maximum Gasteiger partial charge on any atom is 0.271 e. The quantitative estimate of drug-likeness (QED) is 0.314. The summed E-state index contributed by atoms with van der Waals surface area (Å²) in [6, 6.07) is 0. The van der Waals surface area contributed by atoms with E-state index in [-0.39, 0.29) is 11.7 Å². The van der Waals surface area contributed by atoms with Gasteiger partial charge in [-0.05, 0) is 13.3 Å². The van der Waals surface area contributed by atoms with Crippen molar-refractivity contribution in [3.63, 3.8) is 0 Å². The summed E-state index contributed by atoms with van der Waals surface area (Å²) in [5.74, 6) is -0.365. The van der Waals surface area contributed by atoms with E-state index in [4.69, 9.17) is 10.9 Å². The average Bonchev–Trinajstić information content (AvgIpc) is 2.81. The Balaban J connectivity index is 2.82. The summed E-state index contributed by atoms with van der Waals surface area (Å²) in [7, 11) is 0. The third kappa shape index (κ3) is 2.48. The Hall–Kier alpha value is -1.63. The largest absolute Gasteiger partial charge is 0.409 e. The number of amides is 1. The average molecular weight is 242 g/mol. The van der Waals surface area contributed by atoms with E-state index >= 15 is 0 Å². The maximum atomic E-state index is 11.7. The van der Waals surface area contributed by atoms with Gasteiger partial charge in [0.05, 0.1) is 11.0 Å². The molecule has 0 saturated heterocycles. The zero-order valence-corrected chi connectivity index (χ0v) is 9.91. The second-order valence-corrected chi connectivity index (χ2v) is 4.22. The van der Waals surface area contributed by atoms with Gasteiger partial charge in [-0.3, -0.25) is 4.79 Å². The second-order valence-electron chi connectivity index (χ2n) is 3.50. The molecule has 0 fully saturated rings. The second kappa shape index (κ2) is 4.93. The molecule has 1 amide bonds. The number of thiazole rings is 1. The van der Waals surface area contributed by atoms with E-state index in [1.807, 2.05) is 6.92 Å². The number of amidine groups is 1. The summed E-state index contributed by atoms with van der Waals surface area (Å²) in [5, 5.41) is 15.9. The predicted octanol–water partition coefficient (Wildman–Crippen LogP) is 0.788. The predicted molar refractivity (Wildman–Crippen MR) is 61.7 cm³/mol. The fraction of sp³-hybridized carbons (Fsp3) is 0.444. The topological polar surface area (TPSA) is 101 Å². The molecule has 6 nitrogen and oxygen atoms in total. The minimum absolute atomic E-state index is 0.0291. The highest BCUT2D eigenvalue weighted by molar-refractivity contribution is 7.07. The molecule has 1 aromatic heterocycles. The standard InChI is InChI=1S/C9H14N4O2S/c1-3-9(2,8(10)13-15)12-7(14)6-4-16-5-11-6/h4-5,15H,3H2,1-2H3,(H2,10,13)(H,12,14). The first kappa shape index (κ1) is 12.4. The summed E-state index contributed by atoms with van der Waals surface area (Å²) in [4.78, 5) is 15.6. The summed E-state index contributed by atoms with van der Waals surface area (Å²) in [6.45, 7) is 3.52. The zero-order chi connectivity index (χ0) is 12.2. The number of hydrogen-bond acceptors (Lipinski definition) is 5. The van der Waals surface area contributed by atoms with E-state index in [0.717, 1.165) is 0 Å². The molecule has 0 aliphatic carbocycles. The van der Waals surface area contributed by atoms with Crippen molar-refractivity contribution >= 4 is 23.1 Å². The van der Waals surface area contributed by atoms with Crippen molar-refractivity contribution < 1.29 is 10.0 Å². The highest BCUT2D eigenvalue weighted by Gasteiger charge is 2.30. The highest BCUT2D eigenvalue weighted by atomic mass is 32.1. The molecular weight excluding hydrogens is 228 g/mol. The third-order valence-electron chi connectivity index (χ3n) is 2.43. The van der Waals surface area contributed by atoms with Gasteiger partial charge in [0.15, 0.2) is 5.84 Å². The van der Waals surface area contributed by atoms with E-state index < -0.39 is 5.54 Å². The lowest BCUT2D eigenvalue weighted by molar-refractivity contribution is 0.0920. The van der Waals surface area contributed by atoms with Gasteiger partial charge in [0, 0.05) is 5.38 Å². The molecule has 0 spiro atoms. The Morgan fingerprint density at radius 1 is 1.81 bits per heavy atom. The van der Waals surface area contributed by atoms with Gasteiger partial charge in [-0.2, -0.15) is 0 Å². The molecule has 0 aliphatic rings. The monoisotopic (exact) mass is 242 g/mol. The van der Waals surface area contributed by atoms with Gasteiger partial charge in [0.25, 0.3) is 5.91 Å². The molecule has 7 heteroatoms. The van der Waals surface area contributed by atoms with Crippen LogP contribution in [0.25, 0.3) is 0 Å². The van der Waals surface area contributed by atoms with Crippen LogP contribution in [0.1, 0.15) is 30.8 Å². The van der Waals surface area contributed by atoms with Gasteiger partial charge in [-0.25, -0.2) is 4.98 Å². The molecule has 88 valence electrons. The van der Waals surface area contributed by atoms with Gasteiger partial charge in [0.1, 0.15) is 5.69 Å². The summed E-state index contributed by atoms with van der Waals surface area (Å²) >= 11 is 1.33. The van der Waals surface area contributed by atoms with Gasteiger partial charge in [0.2, 0.25) is 0 Å². The number of nitrogens with two attached hydrogens (primary N) is 1. The Labute approximate surface area is 97.2 Å². The Morgan fingerprint density at radius 2 is 2.50 bits per heavy atom. The minimum atomic E-state index is -0.866. The van der Waals surface area contributed by atoms with Crippen molar-refractivity contribution in [2.45, 2.75) is 25.8 Å². The number of carbonyl (C=O) groups is 1. The van der Waals surface area contributed by atoms with Crippen LogP contribution < -0.4 is 11.1 Å². The van der Waals surface area contributed by atoms with Crippen LogP contribution in [0.2, 0.25) is 0 Å². The lowest BCUT2D eigenvalue weighted by Gasteiger charge is -2.27. The third-order valence-corrected chi connectivity index (χ3v) is 3.02. The first-order valence-electron chi connectivity index (χ1n) is 4.72. The van der Waals surface area contributed by atoms with Gasteiger partial charge in [-0.15, -0.1) is 11.3 Å². The van der Waals surface area contributed by atoms with Crippen LogP contribution in [0.4, 0.5) is 0 Å². The number of hydrogen-bond donors (Lipinski definition) is 3. The molecule has 0 aromatic carbocycles. The van der Waals surface area contributed by atoms with Gasteiger partial charge >= 0.3 is 0 Å². The fourth-order valence-corrected chi connectivity index (χ4v) is 1.62. The van der Waals surface area contributed by atoms with Crippen molar-refractivity contribution in [1.29, 1.82) is 0 Å². The molecule has 1 atom stereocenters. The number of carbonyl (C=O) groups excluding carboxylic acids is 1. The Bertz CT molecular complexity index is 390. The molecule has 0 bridgehead atoms. The Kier molecular flexibility index (Phi) is 3.83. The number of nitrogens with zero attached hydrogens (tertiary/aromatic N) is 2. The molecule has 4 N–H and O–H groups in total. The van der Waals surface area contributed by atoms with Crippen molar-refractivity contribution in [3.05, 3.63) is 16.6 Å². The molecule has 1 rings (SSSR count). The van der Waals surface area contributed by atoms with Crippen LogP contribution in [0.5, 0.6) is 0 Å². The Morgan fingerprint density at radius 3 is 2.94 bits per heavy atom. The fourth-order valence-electron chi connectivity index (χ4n) is 1.08. The molecule has 1 heterocycles. The molecule has 16 heavy (non-hydrogen) atoms. The van der Waals surface area contributed by atoms with E-state index in [0.29, 0.717) is 12.1 Å². The first-order chi connectivity index (χ1) is 7.53. The van der Waals surface area contributed by atoms with Crippen LogP contribution in [0, 0.1) is 0 Å². The van der Waals surface area contributed by atoms with E-state index in [9.17, 15) is 4.79 Å². The minimum Gasteiger partial charge on any atom is -0.409 e. The molecule has 1 aromatic rings. The van der Waals surface area contributed by atoms with Crippen LogP contribution in [-0.2, 0) is 0 Å². The molecule has 0 radical (unpaired) electrons. The molecular formula is C9H14N4O2S. The first-order valence-corrected chi connectivity index (χ1v) is 5.66. The van der Waals surface area contributed by atoms with Crippen molar-refractivity contribution in [2.75, 3.05) is 0 Å². The van der Waals surface area contributed by atoms with Gasteiger partial charge in [-0.1, -0.05) is 12.1 Å². The maximum absolute atomic E-state index is 11.7. The molecule has 0 saturated carbocycles. The summed E-state index contributed by atoms with van der Waals surface area (Å²) in [5.41, 5.74) is 6.57. The number of nitrogens with one attached hydrogen (secondary N) is 1. The van der Waals surface area contributed by atoms with Crippen LogP contribution >= 0.6 is 11.3 Å². The van der Waals surface area contributed by atoms with Crippen LogP contribution in [0.3, 0.4) is 0 Å². The van der Waals surface area contributed by atoms with E-state index in [2.05, 4.69) is 15.5 Å². The van der Waals surface area contributed by atoms with E-state index in [1.165, 1.54) is 11.3 Å². The smallest absolute Gasteiger partial charge is 0.271 e. The van der Waals surface area contributed by atoms with Crippen LogP contribution in [0.15, 0.2) is 16.0 Å². The summed E-state index contributed by atoms with van der Waals surface area (Å²) < 4.78 is 0. The number of aromatic nitrogens is 1. The molecule has 0 aliphatic heterocycles. The highest BCUT2D eigenvalue weighted by Crippen LogP contribution is 2.11. The van der Waals surface area contributed by atoms with Crippen molar-refractivity contribution in [3.8, 4) is 0 Å². The number of oxime groups is 1. The lowest BCUT2D eigenvalue weighted by atomic mass is 9.97. The van der Waals surface area contributed by atoms with Gasteiger partial charge < -0.3 is 16.3 Å².